The summed E-state index contributed by atoms with van der Waals surface area (Å²) in [6.07, 6.45) is 11.3. The number of pyridine rings is 1. The largest absolute Gasteiger partial charge is 0.375 e. The third kappa shape index (κ3) is 5.13. The number of hydrogen-bond donors (Lipinski definition) is 0. The third-order valence-electron chi connectivity index (χ3n) is 7.20. The Labute approximate surface area is 206 Å². The third-order valence-corrected chi connectivity index (χ3v) is 8.36. The Kier molecular flexibility index (Phi) is 7.45. The Hall–Kier alpha value is -2.45. The van der Waals surface area contributed by atoms with Gasteiger partial charge in [0.15, 0.2) is 10.8 Å². The van der Waals surface area contributed by atoms with Gasteiger partial charge in [0.05, 0.1) is 6.20 Å². The van der Waals surface area contributed by atoms with Crippen LogP contribution in [0, 0.1) is 5.92 Å². The van der Waals surface area contributed by atoms with Crippen LogP contribution >= 0.6 is 11.8 Å². The van der Waals surface area contributed by atoms with Crippen molar-refractivity contribution in [2.45, 2.75) is 56.8 Å². The molecule has 0 N–H and O–H groups in total. The monoisotopic (exact) mass is 477 g/mol. The summed E-state index contributed by atoms with van der Waals surface area (Å²) in [5.74, 6) is 1.68. The first-order valence-corrected chi connectivity index (χ1v) is 13.6. The highest BCUT2D eigenvalue weighted by molar-refractivity contribution is 7.99. The first kappa shape index (κ1) is 23.3. The quantitative estimate of drug-likeness (QED) is 0.432. The van der Waals surface area contributed by atoms with Gasteiger partial charge in [0.1, 0.15) is 5.52 Å². The first-order valence-electron chi connectivity index (χ1n) is 12.6. The topological polar surface area (TPSA) is 63.0 Å². The number of imidazole rings is 1. The van der Waals surface area contributed by atoms with E-state index in [0.29, 0.717) is 12.0 Å². The van der Waals surface area contributed by atoms with Crippen molar-refractivity contribution in [1.29, 1.82) is 0 Å². The predicted octanol–water partition coefficient (Wildman–Crippen LogP) is 4.79. The molecule has 8 heteroatoms. The molecule has 7 nitrogen and oxygen atoms in total. The molecule has 2 fully saturated rings. The van der Waals surface area contributed by atoms with Crippen molar-refractivity contribution in [3.63, 3.8) is 0 Å². The zero-order valence-corrected chi connectivity index (χ0v) is 21.0. The van der Waals surface area contributed by atoms with Crippen LogP contribution in [0.2, 0.25) is 0 Å². The lowest BCUT2D eigenvalue weighted by molar-refractivity contribution is 0.153. The lowest BCUT2D eigenvalue weighted by Crippen LogP contribution is -2.40. The van der Waals surface area contributed by atoms with E-state index < -0.39 is 0 Å². The maximum Gasteiger partial charge on any atom is 0.170 e. The fourth-order valence-corrected chi connectivity index (χ4v) is 6.22. The van der Waals surface area contributed by atoms with Crippen LogP contribution in [-0.2, 0) is 6.54 Å². The van der Waals surface area contributed by atoms with Crippen molar-refractivity contribution in [2.24, 2.45) is 5.92 Å². The number of hydrogen-bond acceptors (Lipinski definition) is 7. The second-order valence-electron chi connectivity index (χ2n) is 9.47. The zero-order valence-electron chi connectivity index (χ0n) is 20.1. The van der Waals surface area contributed by atoms with E-state index >= 15 is 0 Å². The molecule has 3 aromatic rings. The van der Waals surface area contributed by atoms with Crippen LogP contribution in [0.3, 0.4) is 0 Å². The molecule has 0 radical (unpaired) electrons. The molecule has 2 aliphatic rings. The predicted molar refractivity (Wildman–Crippen MR) is 138 cm³/mol. The van der Waals surface area contributed by atoms with Gasteiger partial charge in [0, 0.05) is 55.4 Å². The number of thioether (sulfide) groups is 1. The molecule has 0 unspecified atom stereocenters. The van der Waals surface area contributed by atoms with Gasteiger partial charge in [-0.3, -0.25) is 4.90 Å². The highest BCUT2D eigenvalue weighted by atomic mass is 32.2. The van der Waals surface area contributed by atoms with Crippen molar-refractivity contribution in [1.82, 2.24) is 34.5 Å². The summed E-state index contributed by atoms with van der Waals surface area (Å²) in [7, 11) is 0. The fraction of sp³-hybridized carbons (Fsp3) is 0.538. The smallest absolute Gasteiger partial charge is 0.170 e. The van der Waals surface area contributed by atoms with E-state index in [9.17, 15) is 0 Å². The number of allylic oxidation sites excluding steroid dienone is 1. The molecule has 0 saturated carbocycles. The number of aromatic nitrogens is 5. The lowest BCUT2D eigenvalue weighted by atomic mass is 9.91. The second-order valence-corrected chi connectivity index (χ2v) is 10.5. The van der Waals surface area contributed by atoms with Gasteiger partial charge < -0.3 is 9.47 Å². The van der Waals surface area contributed by atoms with Gasteiger partial charge >= 0.3 is 0 Å². The molecular formula is C26H35N7S. The molecule has 5 heterocycles. The highest BCUT2D eigenvalue weighted by Crippen LogP contribution is 2.35. The van der Waals surface area contributed by atoms with Crippen molar-refractivity contribution >= 4 is 22.9 Å². The molecule has 0 amide bonds. The van der Waals surface area contributed by atoms with Crippen LogP contribution in [0.4, 0.5) is 0 Å². The van der Waals surface area contributed by atoms with Crippen molar-refractivity contribution in [2.75, 3.05) is 31.9 Å². The average Bonchev–Trinajstić information content (AvgIpc) is 3.26. The Bertz CT molecular complexity index is 1080. The molecule has 5 rings (SSSR count). The van der Waals surface area contributed by atoms with E-state index in [2.05, 4.69) is 50.2 Å². The summed E-state index contributed by atoms with van der Waals surface area (Å²) in [6.45, 7) is 12.1. The Morgan fingerprint density at radius 2 is 1.88 bits per heavy atom. The van der Waals surface area contributed by atoms with Gasteiger partial charge in [0.2, 0.25) is 0 Å². The standard InChI is InChI=1S/C26H35N7S/c1-3-17-34-26-30-24-5-4-11-27-25(24)33(26)23-9-15-32(16-10-23)20(2)22-7-13-31(14-8-22)19-21-6-12-28-29-18-21/h4-6,11-12,18,22-23H,2-3,7-10,13-17,19H2,1H3. The van der Waals surface area contributed by atoms with Crippen molar-refractivity contribution in [3.05, 3.63) is 54.6 Å². The van der Waals surface area contributed by atoms with Crippen LogP contribution in [0.1, 0.15) is 50.6 Å². The first-order chi connectivity index (χ1) is 16.7. The molecule has 2 saturated heterocycles. The molecule has 0 aromatic carbocycles. The van der Waals surface area contributed by atoms with Crippen LogP contribution in [0.25, 0.3) is 11.2 Å². The number of piperidine rings is 2. The maximum absolute atomic E-state index is 4.91. The minimum absolute atomic E-state index is 0.458. The van der Waals surface area contributed by atoms with Gasteiger partial charge in [-0.05, 0) is 69.0 Å². The fourth-order valence-electron chi connectivity index (χ4n) is 5.30. The Morgan fingerprint density at radius 1 is 1.06 bits per heavy atom. The summed E-state index contributed by atoms with van der Waals surface area (Å²) in [4.78, 5) is 14.7. The summed E-state index contributed by atoms with van der Waals surface area (Å²) in [5, 5.41) is 9.02. The van der Waals surface area contributed by atoms with E-state index in [4.69, 9.17) is 9.97 Å². The van der Waals surface area contributed by atoms with E-state index in [0.717, 1.165) is 74.1 Å². The number of likely N-dealkylation sites (tertiary alicyclic amines) is 2. The minimum atomic E-state index is 0.458. The van der Waals surface area contributed by atoms with E-state index in [1.165, 1.54) is 24.1 Å². The molecule has 34 heavy (non-hydrogen) atoms. The van der Waals surface area contributed by atoms with Crippen LogP contribution in [0.15, 0.2) is 54.2 Å². The Balaban J connectivity index is 1.17. The zero-order chi connectivity index (χ0) is 23.3. The molecule has 3 aromatic heterocycles. The average molecular weight is 478 g/mol. The molecule has 0 aliphatic carbocycles. The molecule has 2 aliphatic heterocycles. The highest BCUT2D eigenvalue weighted by Gasteiger charge is 2.29. The van der Waals surface area contributed by atoms with Crippen LogP contribution < -0.4 is 0 Å². The normalized spacial score (nSPS) is 18.6. The van der Waals surface area contributed by atoms with E-state index in [1.54, 1.807) is 6.20 Å². The maximum atomic E-state index is 4.91. The number of nitrogens with zero attached hydrogens (tertiary/aromatic N) is 7. The molecule has 0 atom stereocenters. The van der Waals surface area contributed by atoms with Gasteiger partial charge in [-0.25, -0.2) is 9.97 Å². The van der Waals surface area contributed by atoms with E-state index in [1.807, 2.05) is 30.2 Å². The molecule has 0 spiro atoms. The van der Waals surface area contributed by atoms with E-state index in [-0.39, 0.29) is 0 Å². The summed E-state index contributed by atoms with van der Waals surface area (Å²) < 4.78 is 2.42. The van der Waals surface area contributed by atoms with Crippen LogP contribution in [0.5, 0.6) is 0 Å². The summed E-state index contributed by atoms with van der Waals surface area (Å²) >= 11 is 1.87. The van der Waals surface area contributed by atoms with Gasteiger partial charge in [-0.1, -0.05) is 25.3 Å². The second kappa shape index (κ2) is 10.9. The minimum Gasteiger partial charge on any atom is -0.375 e. The number of rotatable bonds is 8. The van der Waals surface area contributed by atoms with Gasteiger partial charge in [-0.2, -0.15) is 10.2 Å². The lowest BCUT2D eigenvalue weighted by Gasteiger charge is -2.40. The van der Waals surface area contributed by atoms with Crippen LogP contribution in [-0.4, -0.2) is 66.5 Å². The van der Waals surface area contributed by atoms with Gasteiger partial charge in [0.25, 0.3) is 0 Å². The molecular weight excluding hydrogens is 442 g/mol. The van der Waals surface area contributed by atoms with Gasteiger partial charge in [-0.15, -0.1) is 0 Å². The van der Waals surface area contributed by atoms with Crippen molar-refractivity contribution < 1.29 is 0 Å². The molecule has 0 bridgehead atoms. The SMILES string of the molecule is C=C(C1CCN(Cc2ccnnc2)CC1)N1CCC(n2c(SCCC)nc3cccnc32)CC1. The van der Waals surface area contributed by atoms with Crippen molar-refractivity contribution in [3.8, 4) is 0 Å². The Morgan fingerprint density at radius 3 is 2.62 bits per heavy atom. The molecule has 180 valence electrons. The summed E-state index contributed by atoms with van der Waals surface area (Å²) in [5.41, 5.74) is 4.64. The summed E-state index contributed by atoms with van der Waals surface area (Å²) in [6, 6.07) is 6.59. The number of fused-ring (bicyclic) bond motifs is 1.